The van der Waals surface area contributed by atoms with E-state index in [9.17, 15) is 0 Å². The van der Waals surface area contributed by atoms with Crippen LogP contribution in [0.15, 0.2) is 97.1 Å². The minimum absolute atomic E-state index is 1.18. The smallest absolute Gasteiger partial charge is 0.0408 e. The largest absolute Gasteiger partial charge is 0.345 e. The number of benzene rings is 4. The summed E-state index contributed by atoms with van der Waals surface area (Å²) in [5.41, 5.74) is 10.2. The van der Waals surface area contributed by atoms with Gasteiger partial charge in [0, 0.05) is 18.4 Å². The molecule has 0 aliphatic heterocycles. The van der Waals surface area contributed by atoms with Crippen LogP contribution in [-0.4, -0.2) is 7.05 Å². The molecular formula is C45H57N. The lowest BCUT2D eigenvalue weighted by Crippen LogP contribution is -2.08. The Balaban J connectivity index is 1.21. The van der Waals surface area contributed by atoms with E-state index in [0.29, 0.717) is 0 Å². The van der Waals surface area contributed by atoms with Crippen molar-refractivity contribution in [3.63, 3.8) is 0 Å². The highest BCUT2D eigenvalue weighted by molar-refractivity contribution is 5.73. The third kappa shape index (κ3) is 12.5. The Morgan fingerprint density at radius 3 is 0.978 bits per heavy atom. The van der Waals surface area contributed by atoms with Crippen LogP contribution in [0.3, 0.4) is 0 Å². The van der Waals surface area contributed by atoms with E-state index in [1.54, 1.807) is 0 Å². The van der Waals surface area contributed by atoms with E-state index in [1.165, 1.54) is 135 Å². The van der Waals surface area contributed by atoms with E-state index in [-0.39, 0.29) is 0 Å². The topological polar surface area (TPSA) is 3.24 Å². The molecule has 0 N–H and O–H groups in total. The third-order valence-corrected chi connectivity index (χ3v) is 9.09. The first-order valence-electron chi connectivity index (χ1n) is 18.1. The van der Waals surface area contributed by atoms with Gasteiger partial charge in [0.15, 0.2) is 0 Å². The van der Waals surface area contributed by atoms with Crippen molar-refractivity contribution in [3.8, 4) is 0 Å². The minimum atomic E-state index is 1.18. The molecule has 0 spiro atoms. The summed E-state index contributed by atoms with van der Waals surface area (Å²) in [4.78, 5) is 2.24. The van der Waals surface area contributed by atoms with E-state index >= 15 is 0 Å². The van der Waals surface area contributed by atoms with Crippen molar-refractivity contribution in [2.45, 2.75) is 104 Å². The van der Waals surface area contributed by atoms with Gasteiger partial charge in [0.05, 0.1) is 0 Å². The molecular weight excluding hydrogens is 555 g/mol. The van der Waals surface area contributed by atoms with Crippen LogP contribution in [0.25, 0.3) is 24.3 Å². The summed E-state index contributed by atoms with van der Waals surface area (Å²) in [7, 11) is 2.13. The molecule has 46 heavy (non-hydrogen) atoms. The standard InChI is InChI=1S/C45H57N/c1-4-6-8-10-12-14-16-38-18-22-40(23-19-38)26-28-42-30-34-44(35-31-42)46(3)45-36-32-43(33-37-45)29-27-41-24-20-39(21-25-41)17-15-13-11-9-7-5-2/h18-37H,4-17H2,1-3H3/b28-26+,29-27+. The summed E-state index contributed by atoms with van der Waals surface area (Å²) in [5, 5.41) is 0. The lowest BCUT2D eigenvalue weighted by Gasteiger charge is -2.20. The fourth-order valence-electron chi connectivity index (χ4n) is 5.96. The molecule has 0 saturated heterocycles. The highest BCUT2D eigenvalue weighted by atomic mass is 15.1. The average molecular weight is 612 g/mol. The highest BCUT2D eigenvalue weighted by Crippen LogP contribution is 2.25. The quantitative estimate of drug-likeness (QED) is 0.0710. The first kappa shape index (κ1) is 35.0. The van der Waals surface area contributed by atoms with Gasteiger partial charge in [-0.05, 0) is 83.3 Å². The fourth-order valence-corrected chi connectivity index (χ4v) is 5.96. The van der Waals surface area contributed by atoms with Crippen LogP contribution < -0.4 is 4.90 Å². The van der Waals surface area contributed by atoms with Crippen LogP contribution in [0.4, 0.5) is 11.4 Å². The summed E-state index contributed by atoms with van der Waals surface area (Å²) in [6.45, 7) is 4.56. The Kier molecular flexibility index (Phi) is 15.5. The number of nitrogens with zero attached hydrogens (tertiary/aromatic N) is 1. The van der Waals surface area contributed by atoms with Crippen molar-refractivity contribution in [2.75, 3.05) is 11.9 Å². The molecule has 0 saturated carbocycles. The molecule has 4 aromatic carbocycles. The second-order valence-electron chi connectivity index (χ2n) is 12.9. The molecule has 1 heteroatoms. The molecule has 4 rings (SSSR count). The second kappa shape index (κ2) is 20.3. The lowest BCUT2D eigenvalue weighted by molar-refractivity contribution is 0.607. The molecule has 0 amide bonds. The van der Waals surface area contributed by atoms with Gasteiger partial charge in [-0.25, -0.2) is 0 Å². The van der Waals surface area contributed by atoms with Crippen LogP contribution >= 0.6 is 0 Å². The van der Waals surface area contributed by atoms with Crippen molar-refractivity contribution >= 4 is 35.7 Å². The van der Waals surface area contributed by atoms with E-state index < -0.39 is 0 Å². The molecule has 0 aliphatic rings. The van der Waals surface area contributed by atoms with E-state index in [2.05, 4.69) is 147 Å². The Labute approximate surface area is 281 Å². The Morgan fingerprint density at radius 1 is 0.370 bits per heavy atom. The summed E-state index contributed by atoms with van der Waals surface area (Å²) >= 11 is 0. The van der Waals surface area contributed by atoms with Crippen molar-refractivity contribution in [2.24, 2.45) is 0 Å². The first-order valence-corrected chi connectivity index (χ1v) is 18.1. The highest BCUT2D eigenvalue weighted by Gasteiger charge is 2.04. The molecule has 0 atom stereocenters. The first-order chi connectivity index (χ1) is 22.6. The van der Waals surface area contributed by atoms with Gasteiger partial charge in [-0.15, -0.1) is 0 Å². The van der Waals surface area contributed by atoms with Crippen molar-refractivity contribution in [1.29, 1.82) is 0 Å². The zero-order chi connectivity index (χ0) is 32.2. The molecule has 0 bridgehead atoms. The van der Waals surface area contributed by atoms with Crippen LogP contribution in [0.1, 0.15) is 124 Å². The molecule has 0 heterocycles. The Bertz CT molecular complexity index is 1310. The van der Waals surface area contributed by atoms with Gasteiger partial charge in [-0.1, -0.05) is 175 Å². The average Bonchev–Trinajstić information content (AvgIpc) is 3.10. The maximum Gasteiger partial charge on any atom is 0.0408 e. The van der Waals surface area contributed by atoms with E-state index in [0.717, 1.165) is 0 Å². The minimum Gasteiger partial charge on any atom is -0.345 e. The van der Waals surface area contributed by atoms with Crippen LogP contribution in [0.5, 0.6) is 0 Å². The number of unbranched alkanes of at least 4 members (excludes halogenated alkanes) is 10. The van der Waals surface area contributed by atoms with Gasteiger partial charge in [-0.2, -0.15) is 0 Å². The van der Waals surface area contributed by atoms with Gasteiger partial charge in [0.25, 0.3) is 0 Å². The summed E-state index contributed by atoms with van der Waals surface area (Å²) in [6.07, 6.45) is 27.4. The second-order valence-corrected chi connectivity index (χ2v) is 12.9. The van der Waals surface area contributed by atoms with E-state index in [1.807, 2.05) is 0 Å². The SMILES string of the molecule is CCCCCCCCc1ccc(/C=C/c2ccc(N(C)c3ccc(/C=C/c4ccc(CCCCCCCC)cc4)cc3)cc2)cc1. The molecule has 1 nitrogen and oxygen atoms in total. The third-order valence-electron chi connectivity index (χ3n) is 9.09. The number of rotatable bonds is 20. The zero-order valence-corrected chi connectivity index (χ0v) is 28.9. The molecule has 0 unspecified atom stereocenters. The predicted molar refractivity (Wildman–Crippen MR) is 206 cm³/mol. The van der Waals surface area contributed by atoms with Gasteiger partial charge in [0.2, 0.25) is 0 Å². The molecule has 0 radical (unpaired) electrons. The molecule has 242 valence electrons. The normalized spacial score (nSPS) is 11.5. The number of hydrogen-bond donors (Lipinski definition) is 0. The van der Waals surface area contributed by atoms with Gasteiger partial charge in [-0.3, -0.25) is 0 Å². The molecule has 0 fully saturated rings. The summed E-state index contributed by atoms with van der Waals surface area (Å²) in [6, 6.07) is 35.8. The number of hydrogen-bond acceptors (Lipinski definition) is 1. The van der Waals surface area contributed by atoms with Gasteiger partial charge >= 0.3 is 0 Å². The fraction of sp³-hybridized carbons (Fsp3) is 0.378. The van der Waals surface area contributed by atoms with Crippen LogP contribution in [0, 0.1) is 0 Å². The maximum atomic E-state index is 2.29. The van der Waals surface area contributed by atoms with Gasteiger partial charge < -0.3 is 4.90 Å². The van der Waals surface area contributed by atoms with Crippen LogP contribution in [-0.2, 0) is 12.8 Å². The molecule has 0 aromatic heterocycles. The number of aryl methyl sites for hydroxylation is 2. The van der Waals surface area contributed by atoms with Crippen LogP contribution in [0.2, 0.25) is 0 Å². The Hall–Kier alpha value is -3.84. The predicted octanol–water partition coefficient (Wildman–Crippen LogP) is 13.6. The number of anilines is 2. The van der Waals surface area contributed by atoms with Crippen molar-refractivity contribution < 1.29 is 0 Å². The Morgan fingerprint density at radius 2 is 0.652 bits per heavy atom. The van der Waals surface area contributed by atoms with Crippen molar-refractivity contribution in [1.82, 2.24) is 0 Å². The summed E-state index contributed by atoms with van der Waals surface area (Å²) in [5.74, 6) is 0. The lowest BCUT2D eigenvalue weighted by atomic mass is 10.0. The van der Waals surface area contributed by atoms with Crippen molar-refractivity contribution in [3.05, 3.63) is 130 Å². The monoisotopic (exact) mass is 611 g/mol. The zero-order valence-electron chi connectivity index (χ0n) is 28.9. The summed E-state index contributed by atoms with van der Waals surface area (Å²) < 4.78 is 0. The van der Waals surface area contributed by atoms with Gasteiger partial charge in [0.1, 0.15) is 0 Å². The molecule has 0 aliphatic carbocycles. The maximum absolute atomic E-state index is 2.29. The molecule has 4 aromatic rings. The van der Waals surface area contributed by atoms with E-state index in [4.69, 9.17) is 0 Å².